The zero-order valence-corrected chi connectivity index (χ0v) is 21.3. The molecule has 2 aliphatic rings. The number of nitrogens with zero attached hydrogens (tertiary/aromatic N) is 4. The minimum Gasteiger partial charge on any atom is -0.492 e. The molecule has 1 fully saturated rings. The molecular weight excluding hydrogens is 500 g/mol. The van der Waals surface area contributed by atoms with Crippen LogP contribution in [0.25, 0.3) is 10.4 Å². The monoisotopic (exact) mass is 524 g/mol. The second-order valence-corrected chi connectivity index (χ2v) is 10.9. The number of allylic oxidation sites excluding steroid dienone is 1. The van der Waals surface area contributed by atoms with Crippen LogP contribution in [-0.2, 0) is 21.4 Å². The van der Waals surface area contributed by atoms with E-state index < -0.39 is 15.9 Å². The predicted molar refractivity (Wildman–Crippen MR) is 142 cm³/mol. The Morgan fingerprint density at radius 1 is 1.08 bits per heavy atom. The van der Waals surface area contributed by atoms with Crippen molar-refractivity contribution in [2.24, 2.45) is 0 Å². The van der Waals surface area contributed by atoms with Gasteiger partial charge in [-0.3, -0.25) is 4.79 Å². The molecule has 1 amide bonds. The lowest BCUT2D eigenvalue weighted by atomic mass is 10.1. The largest absolute Gasteiger partial charge is 0.492 e. The summed E-state index contributed by atoms with van der Waals surface area (Å²) in [6, 6.07) is 24.5. The number of nitriles is 1. The van der Waals surface area contributed by atoms with Gasteiger partial charge in [0.05, 0.1) is 41.4 Å². The number of rotatable bonds is 7. The first-order valence-corrected chi connectivity index (χ1v) is 13.6. The van der Waals surface area contributed by atoms with E-state index in [4.69, 9.17) is 11.3 Å². The van der Waals surface area contributed by atoms with Gasteiger partial charge in [0.2, 0.25) is 15.9 Å². The highest BCUT2D eigenvalue weighted by Crippen LogP contribution is 2.41. The van der Waals surface area contributed by atoms with E-state index in [1.165, 1.54) is 21.3 Å². The number of anilines is 1. The number of para-hydroxylation sites is 1. The highest BCUT2D eigenvalue weighted by Gasteiger charge is 2.39. The van der Waals surface area contributed by atoms with Crippen molar-refractivity contribution in [3.63, 3.8) is 0 Å². The van der Waals surface area contributed by atoms with Crippen molar-refractivity contribution < 1.29 is 17.9 Å². The number of carbonyl (C=O) groups is 1. The SMILES string of the molecule is [C-]#[N+]/C(C#N)=C1/C(=O)N(Cc2ccccc2)c2ccc(S(=O)(=O)N3CCC[C@H]3COc3ccccc3)cc21. The number of ether oxygens (including phenoxy) is 1. The number of sulfonamides is 1. The third-order valence-corrected chi connectivity index (χ3v) is 8.69. The summed E-state index contributed by atoms with van der Waals surface area (Å²) in [5, 5.41) is 9.56. The summed E-state index contributed by atoms with van der Waals surface area (Å²) >= 11 is 0. The number of hydrogen-bond donors (Lipinski definition) is 0. The smallest absolute Gasteiger partial charge is 0.275 e. The molecule has 0 bridgehead atoms. The van der Waals surface area contributed by atoms with Gasteiger partial charge in [0, 0.05) is 12.1 Å². The fraction of sp³-hybridized carbons (Fsp3) is 0.207. The average molecular weight is 525 g/mol. The number of fused-ring (bicyclic) bond motifs is 1. The summed E-state index contributed by atoms with van der Waals surface area (Å²) in [5.74, 6) is 0.172. The zero-order chi connectivity index (χ0) is 26.7. The van der Waals surface area contributed by atoms with Crippen LogP contribution in [-0.4, -0.2) is 37.8 Å². The van der Waals surface area contributed by atoms with Crippen LogP contribution < -0.4 is 9.64 Å². The summed E-state index contributed by atoms with van der Waals surface area (Å²) in [4.78, 5) is 18.2. The van der Waals surface area contributed by atoms with E-state index in [0.29, 0.717) is 30.8 Å². The molecule has 0 aliphatic carbocycles. The molecule has 0 saturated carbocycles. The third-order valence-electron chi connectivity index (χ3n) is 6.74. The first-order valence-electron chi connectivity index (χ1n) is 12.2. The van der Waals surface area contributed by atoms with Gasteiger partial charge in [0.1, 0.15) is 12.4 Å². The molecule has 0 unspecified atom stereocenters. The highest BCUT2D eigenvalue weighted by molar-refractivity contribution is 7.89. The predicted octanol–water partition coefficient (Wildman–Crippen LogP) is 4.62. The van der Waals surface area contributed by atoms with Crippen molar-refractivity contribution in [2.45, 2.75) is 30.3 Å². The Kier molecular flexibility index (Phi) is 6.97. The van der Waals surface area contributed by atoms with Gasteiger partial charge >= 0.3 is 0 Å². The maximum Gasteiger partial charge on any atom is 0.275 e. The number of carbonyl (C=O) groups excluding carboxylic acids is 1. The first-order chi connectivity index (χ1) is 18.4. The molecule has 5 rings (SSSR count). The number of amides is 1. The van der Waals surface area contributed by atoms with E-state index in [-0.39, 0.29) is 40.9 Å². The molecule has 8 nitrogen and oxygen atoms in total. The molecule has 0 N–H and O–H groups in total. The van der Waals surface area contributed by atoms with Crippen LogP contribution >= 0.6 is 0 Å². The molecule has 190 valence electrons. The van der Waals surface area contributed by atoms with Crippen molar-refractivity contribution >= 4 is 27.2 Å². The van der Waals surface area contributed by atoms with Gasteiger partial charge in [-0.25, -0.2) is 18.5 Å². The Morgan fingerprint density at radius 2 is 1.79 bits per heavy atom. The molecule has 3 aromatic carbocycles. The Morgan fingerprint density at radius 3 is 2.47 bits per heavy atom. The average Bonchev–Trinajstić information content (AvgIpc) is 3.53. The topological polar surface area (TPSA) is 95.1 Å². The summed E-state index contributed by atoms with van der Waals surface area (Å²) in [6.45, 7) is 8.24. The van der Waals surface area contributed by atoms with Crippen molar-refractivity contribution in [1.82, 2.24) is 4.31 Å². The molecular formula is C29H24N4O4S. The van der Waals surface area contributed by atoms with E-state index in [1.807, 2.05) is 60.7 Å². The second-order valence-electron chi connectivity index (χ2n) is 9.04. The van der Waals surface area contributed by atoms with Crippen molar-refractivity contribution in [2.75, 3.05) is 18.1 Å². The Labute approximate surface area is 221 Å². The van der Waals surface area contributed by atoms with Crippen molar-refractivity contribution in [1.29, 1.82) is 5.26 Å². The van der Waals surface area contributed by atoms with Gasteiger partial charge in [-0.05, 0) is 48.7 Å². The third kappa shape index (κ3) is 4.66. The van der Waals surface area contributed by atoms with Gasteiger partial charge in [-0.1, -0.05) is 48.5 Å². The molecule has 2 heterocycles. The lowest BCUT2D eigenvalue weighted by Gasteiger charge is -2.24. The van der Waals surface area contributed by atoms with Crippen LogP contribution in [0.2, 0.25) is 0 Å². The highest BCUT2D eigenvalue weighted by atomic mass is 32.2. The molecule has 1 saturated heterocycles. The molecule has 0 radical (unpaired) electrons. The molecule has 0 aromatic heterocycles. The fourth-order valence-corrected chi connectivity index (χ4v) is 6.60. The van der Waals surface area contributed by atoms with Crippen molar-refractivity contribution in [3.8, 4) is 11.8 Å². The van der Waals surface area contributed by atoms with Crippen LogP contribution in [0.5, 0.6) is 5.75 Å². The maximum atomic E-state index is 13.8. The van der Waals surface area contributed by atoms with Gasteiger partial charge in [0.15, 0.2) is 0 Å². The Bertz CT molecular complexity index is 1570. The molecule has 1 atom stereocenters. The number of hydrogen-bond acceptors (Lipinski definition) is 5. The standard InChI is InChI=1S/C29H24N4O4S/c1-31-26(18-30)28-25-17-24(14-15-27(25)32(29(28)34)19-21-9-4-2-5-10-21)38(35,36)33-16-8-11-22(33)20-37-23-12-6-3-7-13-23/h2-7,9-10,12-15,17,22H,8,11,16,19-20H2/b28-26+/t22-/m0/s1. The van der Waals surface area contributed by atoms with E-state index >= 15 is 0 Å². The van der Waals surface area contributed by atoms with Gasteiger partial charge in [-0.15, -0.1) is 0 Å². The maximum absolute atomic E-state index is 13.8. The molecule has 9 heteroatoms. The Balaban J connectivity index is 1.49. The number of benzene rings is 3. The fourth-order valence-electron chi connectivity index (χ4n) is 4.90. The summed E-state index contributed by atoms with van der Waals surface area (Å²) < 4.78 is 34.8. The van der Waals surface area contributed by atoms with E-state index in [2.05, 4.69) is 4.85 Å². The normalized spacial score (nSPS) is 18.5. The van der Waals surface area contributed by atoms with Crippen LogP contribution in [0, 0.1) is 17.9 Å². The quantitative estimate of drug-likeness (QED) is 0.255. The molecule has 3 aromatic rings. The summed E-state index contributed by atoms with van der Waals surface area (Å²) in [6.07, 6.45) is 1.37. The second kappa shape index (κ2) is 10.5. The van der Waals surface area contributed by atoms with Crippen LogP contribution in [0.15, 0.2) is 89.5 Å². The lowest BCUT2D eigenvalue weighted by molar-refractivity contribution is -0.113. The van der Waals surface area contributed by atoms with Gasteiger partial charge in [0.25, 0.3) is 5.70 Å². The summed E-state index contributed by atoms with van der Waals surface area (Å²) in [5.41, 5.74) is 1.17. The van der Waals surface area contributed by atoms with Crippen LogP contribution in [0.3, 0.4) is 0 Å². The molecule has 0 spiro atoms. The van der Waals surface area contributed by atoms with Crippen LogP contribution in [0.1, 0.15) is 24.0 Å². The van der Waals surface area contributed by atoms with E-state index in [9.17, 15) is 18.5 Å². The zero-order valence-electron chi connectivity index (χ0n) is 20.4. The minimum absolute atomic E-state index is 0.0111. The lowest BCUT2D eigenvalue weighted by Crippen LogP contribution is -2.39. The molecule has 2 aliphatic heterocycles. The van der Waals surface area contributed by atoms with E-state index in [1.54, 1.807) is 12.1 Å². The minimum atomic E-state index is -3.93. The van der Waals surface area contributed by atoms with Gasteiger partial charge < -0.3 is 9.64 Å². The van der Waals surface area contributed by atoms with Crippen molar-refractivity contribution in [3.05, 3.63) is 107 Å². The van der Waals surface area contributed by atoms with E-state index in [0.717, 1.165) is 5.56 Å². The van der Waals surface area contributed by atoms with Gasteiger partial charge in [-0.2, -0.15) is 4.31 Å². The summed E-state index contributed by atoms with van der Waals surface area (Å²) in [7, 11) is -3.93. The first kappa shape index (κ1) is 25.2. The van der Waals surface area contributed by atoms with Crippen LogP contribution in [0.4, 0.5) is 5.69 Å². The Hall–Kier alpha value is -4.44. The molecule has 38 heavy (non-hydrogen) atoms.